The smallest absolute Gasteiger partial charge is 0.326 e. The molecular weight excluding hydrogens is 933 g/mol. The summed E-state index contributed by atoms with van der Waals surface area (Å²) in [5.74, 6) is -9.52. The molecule has 0 saturated heterocycles. The van der Waals surface area contributed by atoms with Crippen molar-refractivity contribution in [2.24, 2.45) is 17.4 Å². The van der Waals surface area contributed by atoms with Gasteiger partial charge in [-0.15, -0.1) is 0 Å². The van der Waals surface area contributed by atoms with E-state index in [9.17, 15) is 63.3 Å². The number of carboxylic acids is 3. The van der Waals surface area contributed by atoms with E-state index in [0.717, 1.165) is 0 Å². The van der Waals surface area contributed by atoms with Gasteiger partial charge in [-0.1, -0.05) is 26.3 Å². The van der Waals surface area contributed by atoms with Crippen molar-refractivity contribution < 1.29 is 63.3 Å². The quantitative estimate of drug-likeness (QED) is 0.0310. The van der Waals surface area contributed by atoms with Crippen LogP contribution in [0.25, 0.3) is 22.8 Å². The third-order valence-corrected chi connectivity index (χ3v) is 10.5. The maximum absolute atomic E-state index is 12.9. The molecule has 0 bridgehead atoms. The lowest BCUT2D eigenvalue weighted by Crippen LogP contribution is -2.56. The van der Waals surface area contributed by atoms with E-state index in [1.54, 1.807) is 37.3 Å². The molecule has 384 valence electrons. The number of carboxylic acid groups (broad SMARTS) is 3. The number of nitrogens with zero attached hydrogens (tertiary/aromatic N) is 5. The lowest BCUT2D eigenvalue weighted by Gasteiger charge is -2.23. The molecule has 3 rings (SSSR count). The number of hydrogen-bond acceptors (Lipinski definition) is 17. The van der Waals surface area contributed by atoms with Crippen molar-refractivity contribution in [1.29, 1.82) is 0 Å². The molecule has 0 aliphatic heterocycles. The molecule has 0 saturated carbocycles. The second-order valence-electron chi connectivity index (χ2n) is 16.1. The molecule has 71 heavy (non-hydrogen) atoms. The first kappa shape index (κ1) is 57.2. The van der Waals surface area contributed by atoms with Gasteiger partial charge in [0.05, 0.1) is 61.3 Å². The van der Waals surface area contributed by atoms with Crippen LogP contribution in [0.2, 0.25) is 0 Å². The van der Waals surface area contributed by atoms with Gasteiger partial charge in [-0.3, -0.25) is 43.2 Å². The highest BCUT2D eigenvalue weighted by molar-refractivity contribution is 5.95. The standard InChI is InChI=1S/C44H60N14O13/c1-4-23(2)39(46)43(69)58-31(19-38(64)65)42(68)52-24(3)40(66)50-21-33-48-17-14-28(55-33)26-10-7-9-25(53-26)27-13-16-47-32(54-27)20-49-34(59)11-12-35(60)57-30(18-37(62)63)41(67)51-22-36(61)56-29(44(70)71)8-5-6-15-45/h7,9-10,13-14,16-17,23-24,29-31,39H,4-6,8,11-12,15,18-22,45-46H2,1-3H3,(H,49,59)(H,50,66)(H,51,67)(H,52,68)(H,56,61)(H,57,60)(H,58,69)(H,62,63)(H,64,65)(H,70,71)/t23-,24-,29-,30-,31-,39-/m0/s1. The Balaban J connectivity index is 1.54. The molecule has 7 amide bonds. The number of amides is 7. The SMILES string of the molecule is CC[C@H](C)[C@H](N)C(=O)N[C@@H](CC(=O)O)C(=O)N[C@@H](C)C(=O)NCc1nccc(-c2cccc(-c3ccnc(CNC(=O)CCC(=O)N[C@@H](CC(=O)O)C(=O)NCC(=O)N[C@@H](CCCCN)C(=O)O)n3)n2)n1. The highest BCUT2D eigenvalue weighted by Gasteiger charge is 2.30. The van der Waals surface area contributed by atoms with Gasteiger partial charge in [-0.05, 0) is 62.9 Å². The fourth-order valence-corrected chi connectivity index (χ4v) is 6.27. The summed E-state index contributed by atoms with van der Waals surface area (Å²) in [7, 11) is 0. The molecule has 27 nitrogen and oxygen atoms in total. The van der Waals surface area contributed by atoms with Gasteiger partial charge in [-0.25, -0.2) is 29.7 Å². The molecule has 0 radical (unpaired) electrons. The number of nitrogens with one attached hydrogen (secondary N) is 7. The van der Waals surface area contributed by atoms with Crippen LogP contribution in [0.3, 0.4) is 0 Å². The van der Waals surface area contributed by atoms with E-state index < -0.39 is 115 Å². The second kappa shape index (κ2) is 29.1. The summed E-state index contributed by atoms with van der Waals surface area (Å²) in [5.41, 5.74) is 12.9. The Hall–Kier alpha value is -8.07. The van der Waals surface area contributed by atoms with Crippen LogP contribution in [0.1, 0.15) is 83.8 Å². The molecule has 0 aliphatic rings. The molecule has 0 spiro atoms. The van der Waals surface area contributed by atoms with Gasteiger partial charge >= 0.3 is 17.9 Å². The number of carbonyl (C=O) groups excluding carboxylic acids is 7. The fourth-order valence-electron chi connectivity index (χ4n) is 6.27. The first-order chi connectivity index (χ1) is 33.7. The van der Waals surface area contributed by atoms with E-state index in [1.807, 2.05) is 6.92 Å². The molecule has 27 heteroatoms. The Morgan fingerprint density at radius 2 is 1.13 bits per heavy atom. The van der Waals surface area contributed by atoms with Crippen LogP contribution in [0, 0.1) is 5.92 Å². The van der Waals surface area contributed by atoms with Gasteiger partial charge in [0.1, 0.15) is 35.8 Å². The van der Waals surface area contributed by atoms with Crippen LogP contribution >= 0.6 is 0 Å². The van der Waals surface area contributed by atoms with Crippen molar-refractivity contribution in [2.75, 3.05) is 13.1 Å². The lowest BCUT2D eigenvalue weighted by atomic mass is 9.99. The minimum absolute atomic E-state index is 0.101. The summed E-state index contributed by atoms with van der Waals surface area (Å²) in [6.45, 7) is 4.25. The van der Waals surface area contributed by atoms with Crippen molar-refractivity contribution in [3.8, 4) is 22.8 Å². The Morgan fingerprint density at radius 1 is 0.592 bits per heavy atom. The van der Waals surface area contributed by atoms with Crippen molar-refractivity contribution in [2.45, 2.75) is 115 Å². The van der Waals surface area contributed by atoms with E-state index in [-0.39, 0.29) is 43.5 Å². The van der Waals surface area contributed by atoms with Gasteiger partial charge in [0.15, 0.2) is 0 Å². The van der Waals surface area contributed by atoms with Gasteiger partial charge in [-0.2, -0.15) is 0 Å². The summed E-state index contributed by atoms with van der Waals surface area (Å²) < 4.78 is 0. The predicted octanol–water partition coefficient (Wildman–Crippen LogP) is -2.38. The van der Waals surface area contributed by atoms with Crippen LogP contribution in [0.5, 0.6) is 0 Å². The Bertz CT molecular complexity index is 2390. The Morgan fingerprint density at radius 3 is 1.68 bits per heavy atom. The number of nitrogens with two attached hydrogens (primary N) is 2. The highest BCUT2D eigenvalue weighted by Crippen LogP contribution is 2.20. The van der Waals surface area contributed by atoms with Crippen LogP contribution in [0.4, 0.5) is 0 Å². The van der Waals surface area contributed by atoms with Crippen molar-refractivity contribution in [3.05, 3.63) is 54.4 Å². The van der Waals surface area contributed by atoms with E-state index in [1.165, 1.54) is 19.3 Å². The number of hydrogen-bond donors (Lipinski definition) is 12. The Kier molecular flexibility index (Phi) is 23.4. The molecule has 0 aliphatic carbocycles. The molecule has 6 atom stereocenters. The van der Waals surface area contributed by atoms with E-state index >= 15 is 0 Å². The minimum atomic E-state index is -1.61. The van der Waals surface area contributed by atoms with Crippen LogP contribution in [0.15, 0.2) is 42.7 Å². The minimum Gasteiger partial charge on any atom is -0.481 e. The van der Waals surface area contributed by atoms with E-state index in [0.29, 0.717) is 48.6 Å². The third kappa shape index (κ3) is 20.2. The van der Waals surface area contributed by atoms with Gasteiger partial charge in [0.25, 0.3) is 0 Å². The molecule has 0 aromatic carbocycles. The summed E-state index contributed by atoms with van der Waals surface area (Å²) in [6, 6.07) is 1.75. The van der Waals surface area contributed by atoms with Gasteiger partial charge in [0.2, 0.25) is 41.4 Å². The van der Waals surface area contributed by atoms with Crippen molar-refractivity contribution in [3.63, 3.8) is 0 Å². The van der Waals surface area contributed by atoms with Crippen LogP contribution < -0.4 is 48.7 Å². The molecule has 0 fully saturated rings. The van der Waals surface area contributed by atoms with Crippen LogP contribution in [-0.4, -0.2) is 143 Å². The molecular formula is C44H60N14O13. The average molecular weight is 993 g/mol. The van der Waals surface area contributed by atoms with Gasteiger partial charge in [0, 0.05) is 25.2 Å². The largest absolute Gasteiger partial charge is 0.481 e. The topological polar surface area (TPSA) is 432 Å². The van der Waals surface area contributed by atoms with E-state index in [2.05, 4.69) is 62.1 Å². The number of aromatic nitrogens is 5. The molecule has 3 aromatic heterocycles. The normalized spacial score (nSPS) is 13.4. The molecule has 3 aromatic rings. The first-order valence-corrected chi connectivity index (χ1v) is 22.5. The molecule has 0 unspecified atom stereocenters. The zero-order chi connectivity index (χ0) is 52.6. The summed E-state index contributed by atoms with van der Waals surface area (Å²) in [6.07, 6.45) is 2.13. The first-order valence-electron chi connectivity index (χ1n) is 22.5. The van der Waals surface area contributed by atoms with E-state index in [4.69, 9.17) is 11.5 Å². The zero-order valence-electron chi connectivity index (χ0n) is 39.3. The second-order valence-corrected chi connectivity index (χ2v) is 16.1. The number of rotatable bonds is 30. The number of unbranched alkanes of at least 4 members (excludes halogenated alkanes) is 1. The number of pyridine rings is 1. The maximum Gasteiger partial charge on any atom is 0.326 e. The van der Waals surface area contributed by atoms with Crippen molar-refractivity contribution in [1.82, 2.24) is 62.1 Å². The highest BCUT2D eigenvalue weighted by atomic mass is 16.4. The third-order valence-electron chi connectivity index (χ3n) is 10.5. The summed E-state index contributed by atoms with van der Waals surface area (Å²) in [4.78, 5) is 145. The summed E-state index contributed by atoms with van der Waals surface area (Å²) in [5, 5.41) is 44.6. The zero-order valence-corrected chi connectivity index (χ0v) is 39.3. The van der Waals surface area contributed by atoms with Gasteiger partial charge < -0.3 is 64.0 Å². The fraction of sp³-hybridized carbons (Fsp3) is 0.477. The van der Waals surface area contributed by atoms with Crippen molar-refractivity contribution >= 4 is 59.3 Å². The summed E-state index contributed by atoms with van der Waals surface area (Å²) >= 11 is 0. The molecule has 14 N–H and O–H groups in total. The Labute approximate surface area is 406 Å². The number of carbonyl (C=O) groups is 10. The lowest BCUT2D eigenvalue weighted by molar-refractivity contribution is -0.142. The molecule has 3 heterocycles. The maximum atomic E-state index is 12.9. The monoisotopic (exact) mass is 992 g/mol. The van der Waals surface area contributed by atoms with Crippen LogP contribution in [-0.2, 0) is 61.0 Å². The number of aliphatic carboxylic acids is 3. The predicted molar refractivity (Wildman–Crippen MR) is 248 cm³/mol. The average Bonchev–Trinajstić information content (AvgIpc) is 3.34.